The van der Waals surface area contributed by atoms with Crippen molar-refractivity contribution in [1.82, 2.24) is 0 Å². The molecule has 0 saturated heterocycles. The van der Waals surface area contributed by atoms with E-state index in [4.69, 9.17) is 17.3 Å². The van der Waals surface area contributed by atoms with Gasteiger partial charge in [-0.3, -0.25) is 0 Å². The second kappa shape index (κ2) is 5.63. The molecule has 0 heterocycles. The quantitative estimate of drug-likeness (QED) is 0.666. The molecule has 0 radical (unpaired) electrons. The number of hydrogen-bond donors (Lipinski definition) is 2. The summed E-state index contributed by atoms with van der Waals surface area (Å²) >= 11 is 6.06. The van der Waals surface area contributed by atoms with Gasteiger partial charge in [-0.15, -0.1) is 0 Å². The average molecular weight is 277 g/mol. The first kappa shape index (κ1) is 13.2. The largest absolute Gasteiger partial charge is 0.465 e. The van der Waals surface area contributed by atoms with E-state index < -0.39 is 5.97 Å². The maximum absolute atomic E-state index is 11.5. The molecule has 0 aliphatic heterocycles. The zero-order valence-corrected chi connectivity index (χ0v) is 11.1. The molecule has 0 aromatic heterocycles. The van der Waals surface area contributed by atoms with Gasteiger partial charge in [0.1, 0.15) is 0 Å². The van der Waals surface area contributed by atoms with Crippen molar-refractivity contribution in [3.05, 3.63) is 53.1 Å². The highest BCUT2D eigenvalue weighted by Crippen LogP contribution is 2.26. The van der Waals surface area contributed by atoms with E-state index in [1.165, 1.54) is 7.11 Å². The standard InChI is InChI=1S/C14H13ClN2O2/c1-19-14(18)10-8-9(6-7-12(10)16)17-13-5-3-2-4-11(13)15/h2-8,17H,16H2,1H3. The smallest absolute Gasteiger partial charge is 0.340 e. The van der Waals surface area contributed by atoms with Crippen molar-refractivity contribution < 1.29 is 9.53 Å². The number of carbonyl (C=O) groups excluding carboxylic acids is 1. The Hall–Kier alpha value is -2.20. The molecule has 0 amide bonds. The van der Waals surface area contributed by atoms with E-state index in [-0.39, 0.29) is 0 Å². The summed E-state index contributed by atoms with van der Waals surface area (Å²) in [7, 11) is 1.32. The fourth-order valence-electron chi connectivity index (χ4n) is 1.64. The number of rotatable bonds is 3. The van der Waals surface area contributed by atoms with Crippen molar-refractivity contribution in [2.45, 2.75) is 0 Å². The van der Waals surface area contributed by atoms with Crippen LogP contribution in [0.1, 0.15) is 10.4 Å². The Balaban J connectivity index is 2.32. The van der Waals surface area contributed by atoms with Crippen molar-refractivity contribution in [2.75, 3.05) is 18.2 Å². The third-order valence-electron chi connectivity index (χ3n) is 2.61. The van der Waals surface area contributed by atoms with E-state index in [0.29, 0.717) is 22.0 Å². The summed E-state index contributed by atoms with van der Waals surface area (Å²) in [6, 6.07) is 12.4. The van der Waals surface area contributed by atoms with Crippen LogP contribution in [0.25, 0.3) is 0 Å². The summed E-state index contributed by atoms with van der Waals surface area (Å²) in [6.45, 7) is 0. The second-order valence-electron chi connectivity index (χ2n) is 3.90. The van der Waals surface area contributed by atoms with E-state index in [2.05, 4.69) is 10.1 Å². The Labute approximate surface area is 116 Å². The van der Waals surface area contributed by atoms with Gasteiger partial charge in [-0.2, -0.15) is 0 Å². The van der Waals surface area contributed by atoms with Gasteiger partial charge in [-0.25, -0.2) is 4.79 Å². The molecule has 0 bridgehead atoms. The van der Waals surface area contributed by atoms with E-state index in [9.17, 15) is 4.79 Å². The van der Waals surface area contributed by atoms with Gasteiger partial charge in [-0.05, 0) is 30.3 Å². The molecule has 2 aromatic carbocycles. The molecular weight excluding hydrogens is 264 g/mol. The molecule has 0 aliphatic rings. The molecule has 0 saturated carbocycles. The number of anilines is 3. The highest BCUT2D eigenvalue weighted by atomic mass is 35.5. The zero-order valence-electron chi connectivity index (χ0n) is 10.3. The van der Waals surface area contributed by atoms with Gasteiger partial charge in [0.25, 0.3) is 0 Å². The minimum absolute atomic E-state index is 0.319. The van der Waals surface area contributed by atoms with Crippen LogP contribution >= 0.6 is 11.6 Å². The van der Waals surface area contributed by atoms with Crippen LogP contribution in [-0.2, 0) is 4.74 Å². The van der Waals surface area contributed by atoms with Gasteiger partial charge in [0.05, 0.1) is 23.4 Å². The first-order valence-electron chi connectivity index (χ1n) is 5.61. The first-order valence-corrected chi connectivity index (χ1v) is 5.99. The number of halogens is 1. The molecule has 19 heavy (non-hydrogen) atoms. The average Bonchev–Trinajstić information content (AvgIpc) is 2.42. The zero-order chi connectivity index (χ0) is 13.8. The van der Waals surface area contributed by atoms with Gasteiger partial charge in [0.2, 0.25) is 0 Å². The molecule has 4 nitrogen and oxygen atoms in total. The summed E-state index contributed by atoms with van der Waals surface area (Å²) in [5.74, 6) is -0.472. The number of hydrogen-bond acceptors (Lipinski definition) is 4. The Kier molecular flexibility index (Phi) is 3.92. The van der Waals surface area contributed by atoms with Crippen LogP contribution in [0, 0.1) is 0 Å². The van der Waals surface area contributed by atoms with Crippen molar-refractivity contribution in [2.24, 2.45) is 0 Å². The summed E-state index contributed by atoms with van der Waals surface area (Å²) in [5, 5.41) is 3.72. The number of ether oxygens (including phenoxy) is 1. The summed E-state index contributed by atoms with van der Waals surface area (Å²) < 4.78 is 4.67. The molecule has 2 aromatic rings. The number of carbonyl (C=O) groups is 1. The molecule has 0 unspecified atom stereocenters. The van der Waals surface area contributed by atoms with Gasteiger partial charge in [0.15, 0.2) is 0 Å². The monoisotopic (exact) mass is 276 g/mol. The summed E-state index contributed by atoms with van der Waals surface area (Å²) in [5.41, 5.74) is 7.89. The van der Waals surface area contributed by atoms with Crippen LogP contribution in [0.5, 0.6) is 0 Å². The van der Waals surface area contributed by atoms with Crippen LogP contribution in [-0.4, -0.2) is 13.1 Å². The van der Waals surface area contributed by atoms with Crippen molar-refractivity contribution in [1.29, 1.82) is 0 Å². The lowest BCUT2D eigenvalue weighted by Crippen LogP contribution is -2.06. The number of nitrogen functional groups attached to an aromatic ring is 1. The maximum Gasteiger partial charge on any atom is 0.340 e. The van der Waals surface area contributed by atoms with Crippen LogP contribution in [0.2, 0.25) is 5.02 Å². The Morgan fingerprint density at radius 2 is 2.00 bits per heavy atom. The topological polar surface area (TPSA) is 64.3 Å². The third-order valence-corrected chi connectivity index (χ3v) is 2.94. The van der Waals surface area contributed by atoms with Gasteiger partial charge in [0, 0.05) is 11.4 Å². The lowest BCUT2D eigenvalue weighted by atomic mass is 10.1. The molecule has 2 rings (SSSR count). The molecule has 5 heteroatoms. The van der Waals surface area contributed by atoms with Gasteiger partial charge < -0.3 is 15.8 Å². The number of para-hydroxylation sites is 1. The summed E-state index contributed by atoms with van der Waals surface area (Å²) in [4.78, 5) is 11.5. The van der Waals surface area contributed by atoms with Crippen LogP contribution in [0.15, 0.2) is 42.5 Å². The van der Waals surface area contributed by atoms with E-state index in [0.717, 1.165) is 5.69 Å². The van der Waals surface area contributed by atoms with Gasteiger partial charge >= 0.3 is 5.97 Å². The lowest BCUT2D eigenvalue weighted by Gasteiger charge is -2.10. The molecule has 98 valence electrons. The highest BCUT2D eigenvalue weighted by Gasteiger charge is 2.11. The number of benzene rings is 2. The Morgan fingerprint density at radius 3 is 2.68 bits per heavy atom. The molecule has 3 N–H and O–H groups in total. The van der Waals surface area contributed by atoms with Crippen molar-refractivity contribution in [3.8, 4) is 0 Å². The molecule has 0 spiro atoms. The maximum atomic E-state index is 11.5. The second-order valence-corrected chi connectivity index (χ2v) is 4.31. The summed E-state index contributed by atoms with van der Waals surface area (Å²) in [6.07, 6.45) is 0. The van der Waals surface area contributed by atoms with Crippen LogP contribution < -0.4 is 11.1 Å². The molecule has 0 atom stereocenters. The number of methoxy groups -OCH3 is 1. The third kappa shape index (κ3) is 2.98. The number of esters is 1. The minimum atomic E-state index is -0.472. The van der Waals surface area contributed by atoms with Crippen LogP contribution in [0.3, 0.4) is 0 Å². The lowest BCUT2D eigenvalue weighted by molar-refractivity contribution is 0.0602. The first-order chi connectivity index (χ1) is 9.11. The fourth-order valence-corrected chi connectivity index (χ4v) is 1.82. The molecular formula is C14H13ClN2O2. The predicted molar refractivity (Wildman–Crippen MR) is 76.9 cm³/mol. The van der Waals surface area contributed by atoms with Crippen LogP contribution in [0.4, 0.5) is 17.1 Å². The Morgan fingerprint density at radius 1 is 1.26 bits per heavy atom. The van der Waals surface area contributed by atoms with E-state index in [1.807, 2.05) is 18.2 Å². The van der Waals surface area contributed by atoms with Gasteiger partial charge in [-0.1, -0.05) is 23.7 Å². The van der Waals surface area contributed by atoms with E-state index >= 15 is 0 Å². The number of nitrogens with one attached hydrogen (secondary N) is 1. The van der Waals surface area contributed by atoms with Crippen molar-refractivity contribution in [3.63, 3.8) is 0 Å². The number of nitrogens with two attached hydrogens (primary N) is 1. The highest BCUT2D eigenvalue weighted by molar-refractivity contribution is 6.33. The predicted octanol–water partition coefficient (Wildman–Crippen LogP) is 3.45. The van der Waals surface area contributed by atoms with E-state index in [1.54, 1.807) is 24.3 Å². The molecule has 0 aliphatic carbocycles. The normalized spacial score (nSPS) is 10.0. The van der Waals surface area contributed by atoms with Crippen molar-refractivity contribution >= 4 is 34.6 Å². The Bertz CT molecular complexity index is 614. The SMILES string of the molecule is COC(=O)c1cc(Nc2ccccc2Cl)ccc1N. The fraction of sp³-hybridized carbons (Fsp3) is 0.0714. The molecule has 0 fully saturated rings. The minimum Gasteiger partial charge on any atom is -0.465 e.